The fraction of sp³-hybridized carbons (Fsp3) is 0.824. The van der Waals surface area contributed by atoms with Crippen molar-refractivity contribution in [2.24, 2.45) is 0 Å². The van der Waals surface area contributed by atoms with Crippen molar-refractivity contribution in [3.63, 3.8) is 0 Å². The first-order chi connectivity index (χ1) is 12.2. The monoisotopic (exact) mass is 422 g/mol. The van der Waals surface area contributed by atoms with Crippen LogP contribution in [0.3, 0.4) is 0 Å². The molecule has 1 atom stereocenters. The van der Waals surface area contributed by atoms with E-state index in [-0.39, 0.29) is 36.8 Å². The molecule has 1 N–H and O–H groups in total. The van der Waals surface area contributed by atoms with E-state index >= 15 is 0 Å². The second kappa shape index (κ2) is 11.8. The normalized spacial score (nSPS) is 20.7. The van der Waals surface area contributed by atoms with E-state index in [1.54, 1.807) is 18.3 Å². The molecule has 1 amide bonds. The maximum absolute atomic E-state index is 13.0. The summed E-state index contributed by atoms with van der Waals surface area (Å²) in [5, 5.41) is 11.6. The van der Waals surface area contributed by atoms with Gasteiger partial charge in [-0.2, -0.15) is 0 Å². The minimum atomic E-state index is 0. The lowest BCUT2D eigenvalue weighted by atomic mass is 10.0. The molecule has 2 aliphatic heterocycles. The molecule has 156 valence electrons. The summed E-state index contributed by atoms with van der Waals surface area (Å²) in [4.78, 5) is 17.3. The number of carbonyl (C=O) groups excluding carboxylic acids is 1. The molecule has 0 saturated carbocycles. The van der Waals surface area contributed by atoms with Crippen LogP contribution < -0.4 is 5.32 Å². The molecule has 3 heterocycles. The van der Waals surface area contributed by atoms with Crippen molar-refractivity contribution in [2.45, 2.75) is 50.9 Å². The Bertz CT molecular complexity index is 567. The first kappa shape index (κ1) is 24.1. The van der Waals surface area contributed by atoms with Gasteiger partial charge in [0.05, 0.1) is 19.2 Å². The number of hydrogen-bond acceptors (Lipinski definition) is 6. The summed E-state index contributed by atoms with van der Waals surface area (Å²) in [5.74, 6) is 1.01. The number of likely N-dealkylation sites (tertiary alicyclic amines) is 1. The second-order valence-corrected chi connectivity index (χ2v) is 7.00. The molecule has 0 aromatic carbocycles. The predicted octanol–water partition coefficient (Wildman–Crippen LogP) is 0.943. The fourth-order valence-corrected chi connectivity index (χ4v) is 3.95. The molecule has 1 aromatic heterocycles. The van der Waals surface area contributed by atoms with Crippen LogP contribution in [0.5, 0.6) is 0 Å². The van der Waals surface area contributed by atoms with Gasteiger partial charge in [-0.05, 0) is 45.3 Å². The zero-order valence-corrected chi connectivity index (χ0v) is 17.8. The number of nitrogens with one attached hydrogen (secondary N) is 1. The summed E-state index contributed by atoms with van der Waals surface area (Å²) in [6.45, 7) is 4.94. The lowest BCUT2D eigenvalue weighted by molar-refractivity contribution is -0.136. The van der Waals surface area contributed by atoms with Crippen LogP contribution in [0, 0.1) is 0 Å². The van der Waals surface area contributed by atoms with E-state index in [4.69, 9.17) is 4.74 Å². The highest BCUT2D eigenvalue weighted by Crippen LogP contribution is 2.25. The molecular formula is C17H32Cl2N6O2. The first-order valence-corrected chi connectivity index (χ1v) is 9.27. The lowest BCUT2D eigenvalue weighted by Crippen LogP contribution is -2.51. The molecule has 2 saturated heterocycles. The molecule has 0 unspecified atom stereocenters. The van der Waals surface area contributed by atoms with Crippen molar-refractivity contribution >= 4 is 30.7 Å². The fourth-order valence-electron chi connectivity index (χ4n) is 3.95. The van der Waals surface area contributed by atoms with Crippen LogP contribution in [-0.4, -0.2) is 83.0 Å². The van der Waals surface area contributed by atoms with E-state index in [9.17, 15) is 4.79 Å². The number of aromatic nitrogens is 3. The van der Waals surface area contributed by atoms with Gasteiger partial charge in [0, 0.05) is 26.7 Å². The number of carbonyl (C=O) groups is 1. The molecule has 0 aliphatic carbocycles. The van der Waals surface area contributed by atoms with Crippen LogP contribution in [-0.2, 0) is 22.6 Å². The number of rotatable bonds is 7. The summed E-state index contributed by atoms with van der Waals surface area (Å²) in [6.07, 6.45) is 6.04. The van der Waals surface area contributed by atoms with Gasteiger partial charge < -0.3 is 19.5 Å². The SMILES string of the molecule is COCCn1cnnc1CN(C)C(=O)[C@@H]1CCCN1C1CCNCC1.Cl.Cl. The molecule has 0 bridgehead atoms. The van der Waals surface area contributed by atoms with Crippen LogP contribution in [0.4, 0.5) is 0 Å². The van der Waals surface area contributed by atoms with Crippen molar-refractivity contribution in [1.29, 1.82) is 0 Å². The van der Waals surface area contributed by atoms with Crippen LogP contribution in [0.2, 0.25) is 0 Å². The van der Waals surface area contributed by atoms with E-state index in [2.05, 4.69) is 20.4 Å². The number of nitrogens with zero attached hydrogens (tertiary/aromatic N) is 5. The number of piperidine rings is 1. The highest BCUT2D eigenvalue weighted by molar-refractivity contribution is 5.85. The Hall–Kier alpha value is -0.930. The lowest BCUT2D eigenvalue weighted by Gasteiger charge is -2.36. The van der Waals surface area contributed by atoms with Gasteiger partial charge in [-0.25, -0.2) is 0 Å². The van der Waals surface area contributed by atoms with E-state index in [0.29, 0.717) is 25.7 Å². The van der Waals surface area contributed by atoms with Crippen LogP contribution in [0.1, 0.15) is 31.5 Å². The Morgan fingerprint density at radius 1 is 1.33 bits per heavy atom. The van der Waals surface area contributed by atoms with Crippen LogP contribution in [0.15, 0.2) is 6.33 Å². The van der Waals surface area contributed by atoms with Gasteiger partial charge in [0.25, 0.3) is 0 Å². The number of amides is 1. The molecule has 0 spiro atoms. The average Bonchev–Trinajstić information content (AvgIpc) is 3.29. The number of methoxy groups -OCH3 is 1. The molecule has 1 aromatic rings. The Kier molecular flexibility index (Phi) is 10.5. The summed E-state index contributed by atoms with van der Waals surface area (Å²) in [5.41, 5.74) is 0. The minimum Gasteiger partial charge on any atom is -0.383 e. The molecule has 0 radical (unpaired) electrons. The van der Waals surface area contributed by atoms with Gasteiger partial charge in [0.1, 0.15) is 6.33 Å². The van der Waals surface area contributed by atoms with Crippen molar-refractivity contribution < 1.29 is 9.53 Å². The topological polar surface area (TPSA) is 75.5 Å². The zero-order valence-electron chi connectivity index (χ0n) is 16.2. The summed E-state index contributed by atoms with van der Waals surface area (Å²) in [6, 6.07) is 0.555. The molecule has 2 aliphatic rings. The van der Waals surface area contributed by atoms with E-state index in [1.165, 1.54) is 0 Å². The van der Waals surface area contributed by atoms with Crippen molar-refractivity contribution in [3.8, 4) is 0 Å². The van der Waals surface area contributed by atoms with E-state index < -0.39 is 0 Å². The van der Waals surface area contributed by atoms with Gasteiger partial charge >= 0.3 is 0 Å². The van der Waals surface area contributed by atoms with Crippen molar-refractivity contribution in [3.05, 3.63) is 12.2 Å². The van der Waals surface area contributed by atoms with Gasteiger partial charge in [-0.1, -0.05) is 0 Å². The Morgan fingerprint density at radius 2 is 2.07 bits per heavy atom. The quantitative estimate of drug-likeness (QED) is 0.704. The predicted molar refractivity (Wildman–Crippen MR) is 108 cm³/mol. The highest BCUT2D eigenvalue weighted by atomic mass is 35.5. The standard InChI is InChI=1S/C17H30N6O2.2ClH/c1-21(12-16-20-19-13-22(16)10-11-25-2)17(24)15-4-3-9-23(15)14-5-7-18-8-6-14;;/h13-15,18H,3-12H2,1-2H3;2*1H/t15-;;/m0../s1. The Balaban J connectivity index is 0.00000182. The third-order valence-corrected chi connectivity index (χ3v) is 5.34. The smallest absolute Gasteiger partial charge is 0.240 e. The van der Waals surface area contributed by atoms with Crippen LogP contribution in [0.25, 0.3) is 0 Å². The molecule has 8 nitrogen and oxygen atoms in total. The van der Waals surface area contributed by atoms with Gasteiger partial charge in [-0.3, -0.25) is 9.69 Å². The second-order valence-electron chi connectivity index (χ2n) is 7.00. The largest absolute Gasteiger partial charge is 0.383 e. The van der Waals surface area contributed by atoms with Crippen LogP contribution >= 0.6 is 24.8 Å². The molecule has 2 fully saturated rings. The summed E-state index contributed by atoms with van der Waals surface area (Å²) < 4.78 is 7.07. The van der Waals surface area contributed by atoms with Crippen molar-refractivity contribution in [1.82, 2.24) is 29.9 Å². The Labute approximate surface area is 173 Å². The molecule has 10 heteroatoms. The van der Waals surface area contributed by atoms with Gasteiger partial charge in [-0.15, -0.1) is 35.0 Å². The number of halogens is 2. The van der Waals surface area contributed by atoms with E-state index in [0.717, 1.165) is 51.1 Å². The first-order valence-electron chi connectivity index (χ1n) is 9.27. The third kappa shape index (κ3) is 6.02. The van der Waals surface area contributed by atoms with Gasteiger partial charge in [0.15, 0.2) is 5.82 Å². The summed E-state index contributed by atoms with van der Waals surface area (Å²) in [7, 11) is 3.55. The average molecular weight is 423 g/mol. The molecule has 3 rings (SSSR count). The Morgan fingerprint density at radius 3 is 2.78 bits per heavy atom. The maximum atomic E-state index is 13.0. The number of hydrogen-bond donors (Lipinski definition) is 1. The molecular weight excluding hydrogens is 391 g/mol. The van der Waals surface area contributed by atoms with Gasteiger partial charge in [0.2, 0.25) is 5.91 Å². The number of ether oxygens (including phenoxy) is 1. The minimum absolute atomic E-state index is 0. The third-order valence-electron chi connectivity index (χ3n) is 5.34. The highest BCUT2D eigenvalue weighted by Gasteiger charge is 2.37. The maximum Gasteiger partial charge on any atom is 0.240 e. The summed E-state index contributed by atoms with van der Waals surface area (Å²) >= 11 is 0. The molecule has 27 heavy (non-hydrogen) atoms. The zero-order chi connectivity index (χ0) is 17.6. The van der Waals surface area contributed by atoms with E-state index in [1.807, 2.05) is 11.6 Å². The van der Waals surface area contributed by atoms with Crippen molar-refractivity contribution in [2.75, 3.05) is 40.4 Å². The number of likely N-dealkylation sites (N-methyl/N-ethyl adjacent to an activating group) is 1.